The average molecular weight is 329 g/mol. The Morgan fingerprint density at radius 2 is 2.11 bits per heavy atom. The maximum atomic E-state index is 5.10. The lowest BCUT2D eigenvalue weighted by molar-refractivity contribution is 0.206. The first-order valence-electron chi connectivity index (χ1n) is 6.73. The molecule has 19 heavy (non-hydrogen) atoms. The fraction of sp³-hybridized carbons (Fsp3) is 0.600. The van der Waals surface area contributed by atoms with Crippen molar-refractivity contribution >= 4 is 21.6 Å². The number of methoxy groups -OCH3 is 1. The molecule has 0 unspecified atom stereocenters. The number of benzene rings is 1. The lowest BCUT2D eigenvalue weighted by Crippen LogP contribution is -2.22. The van der Waals surface area contributed by atoms with Gasteiger partial charge in [0.1, 0.15) is 0 Å². The average Bonchev–Trinajstić information content (AvgIpc) is 2.37. The first-order valence-corrected chi connectivity index (χ1v) is 7.53. The minimum absolute atomic E-state index is 0.679. The van der Waals surface area contributed by atoms with E-state index in [2.05, 4.69) is 65.2 Å². The standard InChI is InChI=1S/C15H25BrN2O/c1-12(2)10-17-11-13-5-6-14(9-15(13)16)18(3)7-8-19-4/h5-6,9,12,17H,7-8,10-11H2,1-4H3. The molecule has 0 saturated heterocycles. The Hall–Kier alpha value is -0.580. The maximum absolute atomic E-state index is 5.10. The van der Waals surface area contributed by atoms with Gasteiger partial charge < -0.3 is 15.0 Å². The largest absolute Gasteiger partial charge is 0.383 e. The molecule has 1 aromatic carbocycles. The van der Waals surface area contributed by atoms with E-state index in [1.165, 1.54) is 11.3 Å². The summed E-state index contributed by atoms with van der Waals surface area (Å²) in [6, 6.07) is 6.50. The summed E-state index contributed by atoms with van der Waals surface area (Å²) in [5, 5.41) is 3.46. The van der Waals surface area contributed by atoms with E-state index in [0.29, 0.717) is 5.92 Å². The third kappa shape index (κ3) is 5.93. The number of hydrogen-bond acceptors (Lipinski definition) is 3. The highest BCUT2D eigenvalue weighted by atomic mass is 79.9. The molecule has 3 nitrogen and oxygen atoms in total. The number of nitrogens with one attached hydrogen (secondary N) is 1. The first kappa shape index (κ1) is 16.5. The second kappa shape index (κ2) is 8.56. The van der Waals surface area contributed by atoms with Crippen molar-refractivity contribution in [1.29, 1.82) is 0 Å². The van der Waals surface area contributed by atoms with Crippen LogP contribution in [0.1, 0.15) is 19.4 Å². The van der Waals surface area contributed by atoms with Crippen LogP contribution in [-0.2, 0) is 11.3 Å². The molecule has 1 aromatic rings. The van der Waals surface area contributed by atoms with Crippen LogP contribution in [0.2, 0.25) is 0 Å². The molecule has 108 valence electrons. The summed E-state index contributed by atoms with van der Waals surface area (Å²) in [5.41, 5.74) is 2.50. The molecule has 0 bridgehead atoms. The van der Waals surface area contributed by atoms with E-state index >= 15 is 0 Å². The highest BCUT2D eigenvalue weighted by Crippen LogP contribution is 2.23. The summed E-state index contributed by atoms with van der Waals surface area (Å²) in [5.74, 6) is 0.679. The predicted molar refractivity (Wildman–Crippen MR) is 85.8 cm³/mol. The summed E-state index contributed by atoms with van der Waals surface area (Å²) in [6.45, 7) is 8.02. The van der Waals surface area contributed by atoms with Crippen molar-refractivity contribution in [2.45, 2.75) is 20.4 Å². The van der Waals surface area contributed by atoms with Gasteiger partial charge in [0.25, 0.3) is 0 Å². The molecule has 1 N–H and O–H groups in total. The van der Waals surface area contributed by atoms with E-state index in [-0.39, 0.29) is 0 Å². The van der Waals surface area contributed by atoms with Crippen molar-refractivity contribution in [1.82, 2.24) is 5.32 Å². The van der Waals surface area contributed by atoms with Gasteiger partial charge in [0.2, 0.25) is 0 Å². The van der Waals surface area contributed by atoms with Crippen LogP contribution in [-0.4, -0.2) is 33.9 Å². The summed E-state index contributed by atoms with van der Waals surface area (Å²) in [7, 11) is 3.81. The zero-order valence-electron chi connectivity index (χ0n) is 12.4. The molecule has 0 saturated carbocycles. The van der Waals surface area contributed by atoms with E-state index in [0.717, 1.165) is 30.7 Å². The molecule has 4 heteroatoms. The van der Waals surface area contributed by atoms with Crippen molar-refractivity contribution < 1.29 is 4.74 Å². The van der Waals surface area contributed by atoms with Gasteiger partial charge in [0, 0.05) is 37.4 Å². The van der Waals surface area contributed by atoms with Crippen molar-refractivity contribution in [2.75, 3.05) is 38.8 Å². The van der Waals surface area contributed by atoms with Gasteiger partial charge in [0.05, 0.1) is 6.61 Å². The van der Waals surface area contributed by atoms with Gasteiger partial charge in [-0.3, -0.25) is 0 Å². The maximum Gasteiger partial charge on any atom is 0.0637 e. The van der Waals surface area contributed by atoms with Gasteiger partial charge in [-0.2, -0.15) is 0 Å². The number of hydrogen-bond donors (Lipinski definition) is 1. The molecule has 0 aliphatic rings. The Morgan fingerprint density at radius 3 is 2.68 bits per heavy atom. The smallest absolute Gasteiger partial charge is 0.0637 e. The fourth-order valence-corrected chi connectivity index (χ4v) is 2.28. The Kier molecular flexibility index (Phi) is 7.42. The number of likely N-dealkylation sites (N-methyl/N-ethyl adjacent to an activating group) is 1. The van der Waals surface area contributed by atoms with E-state index in [9.17, 15) is 0 Å². The summed E-state index contributed by atoms with van der Waals surface area (Å²) in [6.07, 6.45) is 0. The van der Waals surface area contributed by atoms with Crippen molar-refractivity contribution in [3.05, 3.63) is 28.2 Å². The molecule has 0 aromatic heterocycles. The van der Waals surface area contributed by atoms with Gasteiger partial charge in [-0.1, -0.05) is 35.8 Å². The van der Waals surface area contributed by atoms with E-state index in [1.807, 2.05) is 0 Å². The molecular weight excluding hydrogens is 304 g/mol. The molecule has 0 spiro atoms. The van der Waals surface area contributed by atoms with Crippen LogP contribution in [0.3, 0.4) is 0 Å². The van der Waals surface area contributed by atoms with Crippen molar-refractivity contribution in [2.24, 2.45) is 5.92 Å². The lowest BCUT2D eigenvalue weighted by atomic mass is 10.1. The Balaban J connectivity index is 2.58. The Morgan fingerprint density at radius 1 is 1.37 bits per heavy atom. The summed E-state index contributed by atoms with van der Waals surface area (Å²) < 4.78 is 6.26. The van der Waals surface area contributed by atoms with Crippen LogP contribution in [0, 0.1) is 5.92 Å². The third-order valence-corrected chi connectivity index (χ3v) is 3.71. The van der Waals surface area contributed by atoms with Crippen LogP contribution in [0.25, 0.3) is 0 Å². The van der Waals surface area contributed by atoms with Crippen molar-refractivity contribution in [3.63, 3.8) is 0 Å². The molecule has 0 fully saturated rings. The summed E-state index contributed by atoms with van der Waals surface area (Å²) >= 11 is 3.65. The molecule has 0 radical (unpaired) electrons. The molecule has 0 atom stereocenters. The number of anilines is 1. The fourth-order valence-electron chi connectivity index (χ4n) is 1.77. The van der Waals surface area contributed by atoms with Gasteiger partial charge >= 0.3 is 0 Å². The highest BCUT2D eigenvalue weighted by molar-refractivity contribution is 9.10. The van der Waals surface area contributed by atoms with Crippen LogP contribution in [0.5, 0.6) is 0 Å². The van der Waals surface area contributed by atoms with E-state index in [4.69, 9.17) is 4.74 Å². The topological polar surface area (TPSA) is 24.5 Å². The lowest BCUT2D eigenvalue weighted by Gasteiger charge is -2.20. The monoisotopic (exact) mass is 328 g/mol. The highest BCUT2D eigenvalue weighted by Gasteiger charge is 2.05. The molecule has 1 rings (SSSR count). The van der Waals surface area contributed by atoms with Gasteiger partial charge in [-0.15, -0.1) is 0 Å². The third-order valence-electron chi connectivity index (χ3n) is 2.98. The molecular formula is C15H25BrN2O. The molecule has 0 aliphatic heterocycles. The Bertz CT molecular complexity index is 382. The minimum atomic E-state index is 0.679. The second-order valence-electron chi connectivity index (χ2n) is 5.21. The number of rotatable bonds is 8. The number of nitrogens with zero attached hydrogens (tertiary/aromatic N) is 1. The molecule has 0 amide bonds. The van der Waals surface area contributed by atoms with Gasteiger partial charge in [-0.25, -0.2) is 0 Å². The predicted octanol–water partition coefficient (Wildman–Crippen LogP) is 3.28. The van der Waals surface area contributed by atoms with E-state index < -0.39 is 0 Å². The quantitative estimate of drug-likeness (QED) is 0.792. The normalized spacial score (nSPS) is 11.1. The second-order valence-corrected chi connectivity index (χ2v) is 6.07. The molecule has 0 aliphatic carbocycles. The van der Waals surface area contributed by atoms with Crippen LogP contribution in [0.15, 0.2) is 22.7 Å². The zero-order valence-corrected chi connectivity index (χ0v) is 14.0. The zero-order chi connectivity index (χ0) is 14.3. The van der Waals surface area contributed by atoms with Crippen molar-refractivity contribution in [3.8, 4) is 0 Å². The van der Waals surface area contributed by atoms with Gasteiger partial charge in [-0.05, 0) is 30.2 Å². The minimum Gasteiger partial charge on any atom is -0.383 e. The number of ether oxygens (including phenoxy) is 1. The van der Waals surface area contributed by atoms with Crippen LogP contribution in [0.4, 0.5) is 5.69 Å². The molecule has 0 heterocycles. The van der Waals surface area contributed by atoms with E-state index in [1.54, 1.807) is 7.11 Å². The first-order chi connectivity index (χ1) is 9.04. The number of halogens is 1. The SMILES string of the molecule is COCCN(C)c1ccc(CNCC(C)C)c(Br)c1. The van der Waals surface area contributed by atoms with Crippen LogP contribution >= 0.6 is 15.9 Å². The Labute approximate surface area is 125 Å². The summed E-state index contributed by atoms with van der Waals surface area (Å²) in [4.78, 5) is 2.19. The van der Waals surface area contributed by atoms with Crippen LogP contribution < -0.4 is 10.2 Å². The van der Waals surface area contributed by atoms with Gasteiger partial charge in [0.15, 0.2) is 0 Å².